The van der Waals surface area contributed by atoms with E-state index in [1.807, 2.05) is 34.6 Å². The van der Waals surface area contributed by atoms with Crippen molar-refractivity contribution in [2.45, 2.75) is 179 Å². The Morgan fingerprint density at radius 3 is 2.10 bits per heavy atom. The molecular weight excluding hydrogens is 534 g/mol. The van der Waals surface area contributed by atoms with Gasteiger partial charge in [0.25, 0.3) is 0 Å². The number of nitrogens with zero attached hydrogens (tertiary/aromatic N) is 1. The lowest BCUT2D eigenvalue weighted by atomic mass is 9.95. The second-order valence-electron chi connectivity index (χ2n) is 14.1. The molecule has 1 amide bonds. The molecule has 0 aromatic carbocycles. The van der Waals surface area contributed by atoms with Crippen LogP contribution in [-0.4, -0.2) is 77.4 Å². The molecule has 8 nitrogen and oxygen atoms in total. The smallest absolute Gasteiger partial charge is 0.412 e. The number of hydrogen-bond acceptors (Lipinski definition) is 7. The molecule has 3 rings (SSSR count). The molecule has 3 heterocycles. The van der Waals surface area contributed by atoms with Gasteiger partial charge in [-0.1, -0.05) is 76.7 Å². The van der Waals surface area contributed by atoms with Gasteiger partial charge in [-0.15, -0.1) is 6.58 Å². The van der Waals surface area contributed by atoms with Crippen molar-refractivity contribution in [3.8, 4) is 0 Å². The van der Waals surface area contributed by atoms with E-state index in [-0.39, 0.29) is 24.3 Å². The minimum Gasteiger partial charge on any atom is -0.444 e. The van der Waals surface area contributed by atoms with Crippen molar-refractivity contribution in [2.75, 3.05) is 19.8 Å². The fraction of sp³-hybridized carbons (Fsp3) is 0.912. The Hall–Kier alpha value is -1.19. The number of carbonyl (C=O) groups is 1. The number of amides is 1. The molecule has 0 saturated carbocycles. The molecule has 3 fully saturated rings. The van der Waals surface area contributed by atoms with Gasteiger partial charge in [0.2, 0.25) is 0 Å². The Morgan fingerprint density at radius 1 is 0.952 bits per heavy atom. The van der Waals surface area contributed by atoms with Crippen LogP contribution in [0.15, 0.2) is 12.7 Å². The van der Waals surface area contributed by atoms with Crippen LogP contribution < -0.4 is 0 Å². The van der Waals surface area contributed by atoms with E-state index < -0.39 is 23.2 Å². The molecule has 0 aliphatic carbocycles. The van der Waals surface area contributed by atoms with E-state index in [0.717, 1.165) is 38.7 Å². The topological polar surface area (TPSA) is 86.7 Å². The maximum Gasteiger partial charge on any atom is 0.412 e. The normalized spacial score (nSPS) is 28.8. The average molecular weight is 596 g/mol. The Morgan fingerprint density at radius 2 is 1.52 bits per heavy atom. The summed E-state index contributed by atoms with van der Waals surface area (Å²) in [6, 6.07) is -0.114. The monoisotopic (exact) mass is 595 g/mol. The molecule has 0 unspecified atom stereocenters. The molecule has 3 aliphatic heterocycles. The van der Waals surface area contributed by atoms with Crippen molar-refractivity contribution < 1.29 is 33.6 Å². The van der Waals surface area contributed by atoms with Gasteiger partial charge < -0.3 is 28.8 Å². The maximum atomic E-state index is 12.7. The van der Waals surface area contributed by atoms with E-state index in [4.69, 9.17) is 23.7 Å². The van der Waals surface area contributed by atoms with Crippen molar-refractivity contribution in [1.29, 1.82) is 0 Å². The van der Waals surface area contributed by atoms with Crippen LogP contribution in [0.25, 0.3) is 0 Å². The van der Waals surface area contributed by atoms with Crippen molar-refractivity contribution in [3.05, 3.63) is 12.7 Å². The molecule has 0 aromatic rings. The predicted octanol–water partition coefficient (Wildman–Crippen LogP) is 7.66. The van der Waals surface area contributed by atoms with Crippen LogP contribution in [0.4, 0.5) is 4.79 Å². The molecular formula is C34H61NO7. The Labute approximate surface area is 255 Å². The van der Waals surface area contributed by atoms with Gasteiger partial charge in [-0.25, -0.2) is 4.79 Å². The molecule has 8 heteroatoms. The van der Waals surface area contributed by atoms with Crippen LogP contribution in [0.3, 0.4) is 0 Å². The molecule has 244 valence electrons. The highest BCUT2D eigenvalue weighted by molar-refractivity contribution is 5.69. The summed E-state index contributed by atoms with van der Waals surface area (Å²) in [5.41, 5.74) is -1.22. The quantitative estimate of drug-likeness (QED) is 0.121. The van der Waals surface area contributed by atoms with Gasteiger partial charge in [-0.3, -0.25) is 4.90 Å². The molecule has 0 spiro atoms. The van der Waals surface area contributed by atoms with E-state index in [1.54, 1.807) is 11.0 Å². The fourth-order valence-electron chi connectivity index (χ4n) is 6.48. The summed E-state index contributed by atoms with van der Waals surface area (Å²) in [6.45, 7) is 15.0. The first kappa shape index (κ1) is 35.3. The summed E-state index contributed by atoms with van der Waals surface area (Å²) in [4.78, 5) is 14.4. The summed E-state index contributed by atoms with van der Waals surface area (Å²) in [5.74, 6) is -0.483. The number of unbranched alkanes of at least 4 members (excludes halogenated alkanes) is 12. The van der Waals surface area contributed by atoms with Crippen LogP contribution in [0, 0.1) is 0 Å². The average Bonchev–Trinajstić information content (AvgIpc) is 3.40. The third-order valence-corrected chi connectivity index (χ3v) is 8.78. The Kier molecular flexibility index (Phi) is 14.1. The highest BCUT2D eigenvalue weighted by Gasteiger charge is 2.52. The van der Waals surface area contributed by atoms with E-state index in [0.29, 0.717) is 13.2 Å². The molecule has 3 aliphatic rings. The number of rotatable bonds is 19. The summed E-state index contributed by atoms with van der Waals surface area (Å²) < 4.78 is 29.6. The first-order valence-electron chi connectivity index (χ1n) is 16.9. The maximum absolute atomic E-state index is 12.7. The minimum absolute atomic E-state index is 0.114. The van der Waals surface area contributed by atoms with Gasteiger partial charge in [0.05, 0.1) is 25.4 Å². The van der Waals surface area contributed by atoms with E-state index in [2.05, 4.69) is 6.58 Å². The summed E-state index contributed by atoms with van der Waals surface area (Å²) in [6.07, 6.45) is 19.5. The molecule has 2 bridgehead atoms. The molecule has 3 saturated heterocycles. The number of fused-ring (bicyclic) bond motifs is 2. The summed E-state index contributed by atoms with van der Waals surface area (Å²) in [7, 11) is 0. The number of aliphatic hydroxyl groups excluding tert-OH is 1. The molecule has 5 atom stereocenters. The van der Waals surface area contributed by atoms with Gasteiger partial charge in [0.15, 0.2) is 5.79 Å². The van der Waals surface area contributed by atoms with Crippen molar-refractivity contribution in [2.24, 2.45) is 0 Å². The number of carbonyl (C=O) groups excluding carboxylic acids is 1. The van der Waals surface area contributed by atoms with Gasteiger partial charge in [-0.2, -0.15) is 0 Å². The predicted molar refractivity (Wildman–Crippen MR) is 165 cm³/mol. The third-order valence-electron chi connectivity index (χ3n) is 8.78. The van der Waals surface area contributed by atoms with Gasteiger partial charge >= 0.3 is 6.09 Å². The Bertz CT molecular complexity index is 812. The van der Waals surface area contributed by atoms with Crippen LogP contribution in [-0.2, 0) is 23.7 Å². The van der Waals surface area contributed by atoms with Gasteiger partial charge in [-0.05, 0) is 53.9 Å². The summed E-state index contributed by atoms with van der Waals surface area (Å²) >= 11 is 0. The third kappa shape index (κ3) is 11.1. The number of aliphatic hydroxyl groups is 1. The lowest BCUT2D eigenvalue weighted by Crippen LogP contribution is -2.51. The van der Waals surface area contributed by atoms with Gasteiger partial charge in [0.1, 0.15) is 23.5 Å². The fourth-order valence-corrected chi connectivity index (χ4v) is 6.48. The standard InChI is InChI=1S/C34H61NO7/c1-7-29-30-28(36)21-23-34(40-29,41-30)22-19-17-15-13-11-9-8-10-12-14-16-18-20-24-38-25-27-26-39-33(5,6)35(27)31(37)42-32(2,3)4/h7,27-30,36H,1,8-26H2,2-6H3/t27-,28+,29+,30+,34-/m0/s1. The Balaban J connectivity index is 1.09. The van der Waals surface area contributed by atoms with Gasteiger partial charge in [0, 0.05) is 19.4 Å². The zero-order chi connectivity index (χ0) is 30.6. The lowest BCUT2D eigenvalue weighted by molar-refractivity contribution is -0.213. The summed E-state index contributed by atoms with van der Waals surface area (Å²) in [5, 5.41) is 10.1. The first-order valence-corrected chi connectivity index (χ1v) is 16.9. The lowest BCUT2D eigenvalue weighted by Gasteiger charge is -2.35. The first-order chi connectivity index (χ1) is 20.0. The second-order valence-corrected chi connectivity index (χ2v) is 14.1. The zero-order valence-electron chi connectivity index (χ0n) is 27.4. The SMILES string of the molecule is C=C[C@H]1O[C@]2(CCCCCCCCCCCCCCCOC[C@H]3COC(C)(C)N3C(=O)OC(C)(C)C)CC[C@@H](O)[C@H]1O2. The van der Waals surface area contributed by atoms with E-state index >= 15 is 0 Å². The van der Waals surface area contributed by atoms with Crippen LogP contribution >= 0.6 is 0 Å². The van der Waals surface area contributed by atoms with Crippen molar-refractivity contribution in [3.63, 3.8) is 0 Å². The zero-order valence-corrected chi connectivity index (χ0v) is 27.4. The van der Waals surface area contributed by atoms with Crippen LogP contribution in [0.5, 0.6) is 0 Å². The number of hydrogen-bond donors (Lipinski definition) is 1. The molecule has 1 N–H and O–H groups in total. The van der Waals surface area contributed by atoms with Crippen LogP contribution in [0.1, 0.15) is 137 Å². The second kappa shape index (κ2) is 16.8. The largest absolute Gasteiger partial charge is 0.444 e. The number of ether oxygens (including phenoxy) is 5. The van der Waals surface area contributed by atoms with E-state index in [9.17, 15) is 9.90 Å². The van der Waals surface area contributed by atoms with E-state index in [1.165, 1.54) is 70.6 Å². The molecule has 0 aromatic heterocycles. The molecule has 42 heavy (non-hydrogen) atoms. The molecule has 0 radical (unpaired) electrons. The highest BCUT2D eigenvalue weighted by Crippen LogP contribution is 2.43. The van der Waals surface area contributed by atoms with Crippen molar-refractivity contribution >= 4 is 6.09 Å². The van der Waals surface area contributed by atoms with Crippen molar-refractivity contribution in [1.82, 2.24) is 4.90 Å². The minimum atomic E-state index is -0.682. The van der Waals surface area contributed by atoms with Crippen LogP contribution in [0.2, 0.25) is 0 Å². The highest BCUT2D eigenvalue weighted by atomic mass is 16.8.